The molecule has 2 aliphatic heterocycles. The van der Waals surface area contributed by atoms with Gasteiger partial charge < -0.3 is 14.9 Å². The summed E-state index contributed by atoms with van der Waals surface area (Å²) in [4.78, 5) is 26.7. The molecule has 4 heterocycles. The average molecular weight is 375 g/mol. The van der Waals surface area contributed by atoms with Crippen molar-refractivity contribution in [2.45, 2.75) is 39.2 Å². The minimum atomic E-state index is -0.374. The Bertz CT molecular complexity index is 808. The van der Waals surface area contributed by atoms with Crippen LogP contribution in [0.2, 0.25) is 0 Å². The number of likely N-dealkylation sites (tertiary alicyclic amines) is 1. The second kappa shape index (κ2) is 6.78. The van der Waals surface area contributed by atoms with Crippen molar-refractivity contribution in [2.24, 2.45) is 11.3 Å². The minimum absolute atomic E-state index is 0.00529. The maximum atomic E-state index is 12.5. The molecule has 1 spiro atoms. The van der Waals surface area contributed by atoms with Crippen LogP contribution in [0.5, 0.6) is 0 Å². The first-order valence-corrected chi connectivity index (χ1v) is 10.3. The molecule has 0 unspecified atom stereocenters. The van der Waals surface area contributed by atoms with E-state index in [-0.39, 0.29) is 23.3 Å². The first kappa shape index (κ1) is 17.7. The average Bonchev–Trinajstić information content (AvgIpc) is 3.12. The Morgan fingerprint density at radius 1 is 1.35 bits per heavy atom. The smallest absolute Gasteiger partial charge is 0.225 e. The lowest BCUT2D eigenvalue weighted by atomic mass is 9.71. The molecule has 0 aliphatic carbocycles. The third kappa shape index (κ3) is 2.97. The zero-order valence-corrected chi connectivity index (χ0v) is 16.2. The number of hydrogen-bond acceptors (Lipinski definition) is 6. The number of aromatic nitrogens is 2. The van der Waals surface area contributed by atoms with Crippen molar-refractivity contribution in [2.75, 3.05) is 31.1 Å². The molecule has 7 heteroatoms. The molecule has 2 fully saturated rings. The van der Waals surface area contributed by atoms with E-state index in [9.17, 15) is 9.90 Å². The van der Waals surface area contributed by atoms with Crippen LogP contribution in [0.3, 0.4) is 0 Å². The number of carbonyl (C=O) groups is 1. The molecule has 140 valence electrons. The molecule has 2 aliphatic rings. The molecular weight excluding hydrogens is 348 g/mol. The number of carbonyl (C=O) groups excluding carboxylic acids is 1. The molecule has 6 nitrogen and oxygen atoms in total. The van der Waals surface area contributed by atoms with Crippen molar-refractivity contribution in [1.29, 1.82) is 0 Å². The molecule has 0 saturated carbocycles. The fourth-order valence-electron chi connectivity index (χ4n) is 4.47. The minimum Gasteiger partial charge on any atom is -0.392 e. The first-order chi connectivity index (χ1) is 12.5. The van der Waals surface area contributed by atoms with Crippen molar-refractivity contribution in [1.82, 2.24) is 14.9 Å². The molecule has 0 radical (unpaired) electrons. The van der Waals surface area contributed by atoms with Crippen LogP contribution < -0.4 is 4.90 Å². The topological polar surface area (TPSA) is 69.6 Å². The van der Waals surface area contributed by atoms with E-state index in [0.717, 1.165) is 48.5 Å². The number of aliphatic hydroxyl groups is 1. The second-order valence-electron chi connectivity index (χ2n) is 7.94. The van der Waals surface area contributed by atoms with Gasteiger partial charge in [0.2, 0.25) is 5.91 Å². The van der Waals surface area contributed by atoms with Gasteiger partial charge in [-0.2, -0.15) is 0 Å². The number of anilines is 1. The summed E-state index contributed by atoms with van der Waals surface area (Å²) < 4.78 is 0. The third-order valence-electron chi connectivity index (χ3n) is 5.84. The fourth-order valence-corrected chi connectivity index (χ4v) is 5.20. The summed E-state index contributed by atoms with van der Waals surface area (Å²) in [6.45, 7) is 6.84. The van der Waals surface area contributed by atoms with E-state index in [0.29, 0.717) is 13.0 Å². The predicted molar refractivity (Wildman–Crippen MR) is 103 cm³/mol. The Labute approximate surface area is 157 Å². The normalized spacial score (nSPS) is 26.8. The highest BCUT2D eigenvalue weighted by Gasteiger charge is 2.47. The summed E-state index contributed by atoms with van der Waals surface area (Å²) in [5, 5.41) is 14.0. The van der Waals surface area contributed by atoms with E-state index in [1.807, 2.05) is 24.1 Å². The van der Waals surface area contributed by atoms with Crippen molar-refractivity contribution in [3.63, 3.8) is 0 Å². The van der Waals surface area contributed by atoms with E-state index >= 15 is 0 Å². The lowest BCUT2D eigenvalue weighted by Crippen LogP contribution is -2.60. The second-order valence-corrected chi connectivity index (χ2v) is 8.84. The zero-order valence-electron chi connectivity index (χ0n) is 15.4. The molecule has 0 bridgehead atoms. The van der Waals surface area contributed by atoms with Gasteiger partial charge in [0.05, 0.1) is 11.5 Å². The van der Waals surface area contributed by atoms with Crippen LogP contribution in [0.15, 0.2) is 17.8 Å². The largest absolute Gasteiger partial charge is 0.392 e. The van der Waals surface area contributed by atoms with E-state index in [1.165, 1.54) is 0 Å². The standard InChI is InChI=1S/C19H26N4O2S/c1-13(2)18(25)23-7-3-6-19(11-23)10-22(8-4-15(19)24)16-14-5-9-26-17(14)21-12-20-16/h5,9,12-13,15,24H,3-4,6-8,10-11H2,1-2H3/t15-,19-/m0/s1. The van der Waals surface area contributed by atoms with Crippen molar-refractivity contribution in [3.05, 3.63) is 17.8 Å². The summed E-state index contributed by atoms with van der Waals surface area (Å²) in [6.07, 6.45) is 3.85. The molecule has 1 N–H and O–H groups in total. The summed E-state index contributed by atoms with van der Waals surface area (Å²) in [6, 6.07) is 2.07. The molecule has 2 aromatic heterocycles. The van der Waals surface area contributed by atoms with Crippen LogP contribution in [0.25, 0.3) is 10.2 Å². The highest BCUT2D eigenvalue weighted by atomic mass is 32.1. The van der Waals surface area contributed by atoms with Gasteiger partial charge in [-0.1, -0.05) is 13.8 Å². The number of fused-ring (bicyclic) bond motifs is 1. The van der Waals surface area contributed by atoms with Crippen LogP contribution in [-0.2, 0) is 4.79 Å². The van der Waals surface area contributed by atoms with Crippen LogP contribution >= 0.6 is 11.3 Å². The first-order valence-electron chi connectivity index (χ1n) is 9.40. The Kier molecular flexibility index (Phi) is 4.61. The van der Waals surface area contributed by atoms with Crippen LogP contribution in [0.1, 0.15) is 33.1 Å². The molecular formula is C19H26N4O2S. The van der Waals surface area contributed by atoms with Crippen molar-refractivity contribution < 1.29 is 9.90 Å². The lowest BCUT2D eigenvalue weighted by Gasteiger charge is -2.51. The third-order valence-corrected chi connectivity index (χ3v) is 6.66. The van der Waals surface area contributed by atoms with Crippen LogP contribution in [0, 0.1) is 11.3 Å². The zero-order chi connectivity index (χ0) is 18.3. The van der Waals surface area contributed by atoms with Gasteiger partial charge in [0.1, 0.15) is 17.0 Å². The van der Waals surface area contributed by atoms with Gasteiger partial charge in [-0.25, -0.2) is 9.97 Å². The number of rotatable bonds is 2. The SMILES string of the molecule is CC(C)C(=O)N1CCC[C@@]2(C1)CN(c1ncnc3sccc13)CC[C@@H]2O. The number of amides is 1. The summed E-state index contributed by atoms with van der Waals surface area (Å²) in [5.74, 6) is 1.14. The number of hydrogen-bond donors (Lipinski definition) is 1. The number of piperidine rings is 2. The Morgan fingerprint density at radius 2 is 2.19 bits per heavy atom. The predicted octanol–water partition coefficient (Wildman–Crippen LogP) is 2.53. The summed E-state index contributed by atoms with van der Waals surface area (Å²) >= 11 is 1.62. The van der Waals surface area contributed by atoms with Gasteiger partial charge in [0, 0.05) is 37.5 Å². The van der Waals surface area contributed by atoms with Crippen LogP contribution in [0.4, 0.5) is 5.82 Å². The van der Waals surface area contributed by atoms with Gasteiger partial charge in [-0.15, -0.1) is 11.3 Å². The van der Waals surface area contributed by atoms with E-state index in [4.69, 9.17) is 0 Å². The fraction of sp³-hybridized carbons (Fsp3) is 0.632. The highest BCUT2D eigenvalue weighted by Crippen LogP contribution is 2.41. The number of thiophene rings is 1. The summed E-state index contributed by atoms with van der Waals surface area (Å²) in [5.41, 5.74) is -0.269. The van der Waals surface area contributed by atoms with E-state index in [1.54, 1.807) is 17.7 Å². The maximum Gasteiger partial charge on any atom is 0.225 e. The van der Waals surface area contributed by atoms with Gasteiger partial charge in [-0.3, -0.25) is 4.79 Å². The monoisotopic (exact) mass is 374 g/mol. The van der Waals surface area contributed by atoms with Crippen molar-refractivity contribution in [3.8, 4) is 0 Å². The van der Waals surface area contributed by atoms with Gasteiger partial charge in [0.15, 0.2) is 0 Å². The highest BCUT2D eigenvalue weighted by molar-refractivity contribution is 7.16. The molecule has 2 atom stereocenters. The van der Waals surface area contributed by atoms with E-state index in [2.05, 4.69) is 20.9 Å². The lowest BCUT2D eigenvalue weighted by molar-refractivity contribution is -0.141. The van der Waals surface area contributed by atoms with Gasteiger partial charge in [0.25, 0.3) is 0 Å². The Balaban J connectivity index is 1.62. The van der Waals surface area contributed by atoms with Crippen molar-refractivity contribution >= 4 is 33.3 Å². The Hall–Kier alpha value is -1.73. The number of aliphatic hydroxyl groups excluding tert-OH is 1. The molecule has 2 saturated heterocycles. The Morgan fingerprint density at radius 3 is 3.00 bits per heavy atom. The molecule has 0 aromatic carbocycles. The van der Waals surface area contributed by atoms with Gasteiger partial charge >= 0.3 is 0 Å². The quantitative estimate of drug-likeness (QED) is 0.875. The molecule has 1 amide bonds. The molecule has 26 heavy (non-hydrogen) atoms. The number of nitrogens with zero attached hydrogens (tertiary/aromatic N) is 4. The summed E-state index contributed by atoms with van der Waals surface area (Å²) in [7, 11) is 0. The molecule has 2 aromatic rings. The van der Waals surface area contributed by atoms with Crippen LogP contribution in [-0.4, -0.2) is 58.2 Å². The molecule has 4 rings (SSSR count). The van der Waals surface area contributed by atoms with Gasteiger partial charge in [-0.05, 0) is 30.7 Å². The van der Waals surface area contributed by atoms with E-state index < -0.39 is 0 Å². The maximum absolute atomic E-state index is 12.5.